The van der Waals surface area contributed by atoms with E-state index in [-0.39, 0.29) is 42.7 Å². The number of halogens is 2. The van der Waals surface area contributed by atoms with E-state index in [0.29, 0.717) is 24.6 Å². The number of hydrogen-bond donors (Lipinski definition) is 11. The number of rotatable bonds is 7. The molecule has 0 spiro atoms. The van der Waals surface area contributed by atoms with Gasteiger partial charge < -0.3 is 56.8 Å². The average molecular weight is 686 g/mol. The van der Waals surface area contributed by atoms with Crippen LogP contribution >= 0.6 is 36.2 Å². The third kappa shape index (κ3) is 7.72. The molecule has 3 heterocycles. The summed E-state index contributed by atoms with van der Waals surface area (Å²) in [6.45, 7) is 5.40. The molecule has 1 aliphatic rings. The van der Waals surface area contributed by atoms with Crippen LogP contribution in [0.5, 0.6) is 5.75 Å². The minimum Gasteiger partial charge on any atom is -0.506 e. The Morgan fingerprint density at radius 2 is 1.52 bits per heavy atom. The lowest BCUT2D eigenvalue weighted by Crippen LogP contribution is -2.72. The molecule has 0 aliphatic heterocycles. The molecule has 18 heteroatoms. The quantitative estimate of drug-likeness (QED) is 0.116. The number of aryl methyl sites for hydroxylation is 2. The molecule has 1 fully saturated rings. The van der Waals surface area contributed by atoms with Gasteiger partial charge in [-0.2, -0.15) is 4.57 Å². The summed E-state index contributed by atoms with van der Waals surface area (Å²) in [6.07, 6.45) is -9.29. The predicted molar refractivity (Wildman–Crippen MR) is 161 cm³/mol. The Labute approximate surface area is 269 Å². The van der Waals surface area contributed by atoms with Crippen LogP contribution in [0.2, 0.25) is 0 Å². The fourth-order valence-electron chi connectivity index (χ4n) is 4.70. The van der Waals surface area contributed by atoms with Gasteiger partial charge in [-0.15, -0.1) is 24.8 Å². The summed E-state index contributed by atoms with van der Waals surface area (Å²) in [5.74, 6) is 0.616. The number of aliphatic hydroxyl groups excluding tert-OH is 8. The first kappa shape index (κ1) is 39.7. The van der Waals surface area contributed by atoms with Gasteiger partial charge in [0.2, 0.25) is 5.51 Å². The number of aliphatic hydroxyl groups is 9. The van der Waals surface area contributed by atoms with E-state index in [1.807, 2.05) is 19.4 Å². The molecule has 0 aromatic carbocycles. The van der Waals surface area contributed by atoms with E-state index in [1.54, 1.807) is 17.5 Å². The maximum Gasteiger partial charge on any atom is 0.225 e. The van der Waals surface area contributed by atoms with E-state index in [0.717, 1.165) is 17.5 Å². The molecule has 0 saturated heterocycles. The zero-order valence-corrected chi connectivity index (χ0v) is 26.5. The van der Waals surface area contributed by atoms with Crippen molar-refractivity contribution in [3.8, 4) is 5.75 Å². The van der Waals surface area contributed by atoms with Crippen molar-refractivity contribution >= 4 is 42.0 Å². The molecular weight excluding hydrogens is 645 g/mol. The Bertz CT molecular complexity index is 1370. The van der Waals surface area contributed by atoms with E-state index >= 15 is 0 Å². The van der Waals surface area contributed by atoms with E-state index in [1.165, 1.54) is 11.8 Å². The molecule has 44 heavy (non-hydrogen) atoms. The summed E-state index contributed by atoms with van der Waals surface area (Å²) < 4.78 is 2.11. The lowest BCUT2D eigenvalue weighted by atomic mass is 9.70. The smallest absolute Gasteiger partial charge is 0.225 e. The van der Waals surface area contributed by atoms with Crippen molar-refractivity contribution < 1.29 is 55.6 Å². The second-order valence-electron chi connectivity index (χ2n) is 10.1. The predicted octanol–water partition coefficient (Wildman–Crippen LogP) is -2.38. The van der Waals surface area contributed by atoms with Crippen molar-refractivity contribution in [2.24, 2.45) is 0 Å². The van der Waals surface area contributed by atoms with Crippen LogP contribution in [0.15, 0.2) is 17.9 Å². The molecule has 0 amide bonds. The van der Waals surface area contributed by atoms with Crippen molar-refractivity contribution in [1.29, 1.82) is 0 Å². The first-order valence-corrected chi connectivity index (χ1v) is 13.8. The maximum atomic E-state index is 10.6. The number of aromatic nitrogens is 4. The van der Waals surface area contributed by atoms with Gasteiger partial charge in [-0.1, -0.05) is 11.3 Å². The molecule has 1 aliphatic carbocycles. The van der Waals surface area contributed by atoms with Crippen LogP contribution in [0.1, 0.15) is 44.9 Å². The molecule has 3 unspecified atom stereocenters. The monoisotopic (exact) mass is 684 g/mol. The van der Waals surface area contributed by atoms with Gasteiger partial charge in [0.25, 0.3) is 0 Å². The summed E-state index contributed by atoms with van der Waals surface area (Å²) in [5.41, 5.74) is 6.57. The molecule has 3 aromatic rings. The molecular formula is C26H40Cl2N5O10S+. The fourth-order valence-corrected chi connectivity index (χ4v) is 5.69. The van der Waals surface area contributed by atoms with Crippen LogP contribution in [0.25, 0.3) is 0 Å². The number of anilines is 1. The van der Waals surface area contributed by atoms with E-state index in [2.05, 4.69) is 19.5 Å². The maximum absolute atomic E-state index is 10.6. The standard InChI is InChI=1S/C14H21NO9.C12H17N4OS.2ClH/c1-4-7(17)6(5(3-16)2-15-4)11(21)14(24)12(22)9(19)8(18)10(20)13(14)23;1-8-11(3-4-17)18-7-16(8)6-10-5-14-9(2)15-12(10)13;;/h2,8-13,16-24H,3H2,1H3;5,7,17H,3-4,6H2,1-2H3,(H2,13,14,15);2*1H/q;+1;;/t8?,9-,10+,11?,12-,13-,14?;;;/m1.../s1. The Balaban J connectivity index is 0.000000436. The van der Waals surface area contributed by atoms with Gasteiger partial charge in [0.1, 0.15) is 54.0 Å². The van der Waals surface area contributed by atoms with Crippen LogP contribution in [0.3, 0.4) is 0 Å². The van der Waals surface area contributed by atoms with Gasteiger partial charge in [0.15, 0.2) is 17.8 Å². The first-order valence-electron chi connectivity index (χ1n) is 12.9. The summed E-state index contributed by atoms with van der Waals surface area (Å²) in [6, 6.07) is 0. The second-order valence-corrected chi connectivity index (χ2v) is 11.0. The summed E-state index contributed by atoms with van der Waals surface area (Å²) in [4.78, 5) is 13.3. The van der Waals surface area contributed by atoms with E-state index in [9.17, 15) is 46.0 Å². The highest BCUT2D eigenvalue weighted by Gasteiger charge is 2.61. The Morgan fingerprint density at radius 3 is 2.05 bits per heavy atom. The molecule has 12 N–H and O–H groups in total. The van der Waals surface area contributed by atoms with Gasteiger partial charge >= 0.3 is 0 Å². The number of nitrogens with two attached hydrogens (primary N) is 1. The molecule has 1 saturated carbocycles. The number of hydrogen-bond acceptors (Lipinski definition) is 15. The number of nitrogens with zero attached hydrogens (tertiary/aromatic N) is 4. The second kappa shape index (κ2) is 16.3. The first-order chi connectivity index (χ1) is 19.7. The summed E-state index contributed by atoms with van der Waals surface area (Å²) in [7, 11) is 0. The zero-order chi connectivity index (χ0) is 31.5. The molecule has 248 valence electrons. The van der Waals surface area contributed by atoms with Gasteiger partial charge in [0, 0.05) is 43.5 Å². The highest BCUT2D eigenvalue weighted by atomic mass is 35.5. The minimum absolute atomic E-state index is 0. The van der Waals surface area contributed by atoms with Gasteiger partial charge in [-0.25, -0.2) is 9.97 Å². The molecule has 0 bridgehead atoms. The van der Waals surface area contributed by atoms with Crippen LogP contribution in [-0.4, -0.2) is 109 Å². The zero-order valence-electron chi connectivity index (χ0n) is 24.1. The van der Waals surface area contributed by atoms with Crippen molar-refractivity contribution in [2.75, 3.05) is 12.3 Å². The largest absolute Gasteiger partial charge is 0.506 e. The molecule has 3 aromatic heterocycles. The van der Waals surface area contributed by atoms with Crippen molar-refractivity contribution in [2.45, 2.75) is 82.6 Å². The molecule has 0 radical (unpaired) electrons. The lowest BCUT2D eigenvalue weighted by molar-refractivity contribution is -0.689. The minimum atomic E-state index is -2.94. The van der Waals surface area contributed by atoms with Crippen molar-refractivity contribution in [1.82, 2.24) is 15.0 Å². The van der Waals surface area contributed by atoms with Gasteiger partial charge in [0.05, 0.1) is 22.7 Å². The summed E-state index contributed by atoms with van der Waals surface area (Å²) in [5, 5.41) is 98.7. The lowest BCUT2D eigenvalue weighted by Gasteiger charge is -2.49. The normalized spacial score (nSPS) is 25.2. The Hall–Kier alpha value is -2.32. The van der Waals surface area contributed by atoms with Crippen LogP contribution in [0, 0.1) is 20.8 Å². The third-order valence-electron chi connectivity index (χ3n) is 7.39. The van der Waals surface area contributed by atoms with Crippen LogP contribution in [0.4, 0.5) is 5.82 Å². The van der Waals surface area contributed by atoms with Crippen LogP contribution < -0.4 is 10.3 Å². The number of aromatic hydroxyl groups is 1. The Morgan fingerprint density at radius 1 is 0.955 bits per heavy atom. The SMILES string of the molecule is Cc1ncc(CO)c(C(O)C2(O)[C@H](O)[C@H](O)C(O)[C@H](O)[C@H]2O)c1O.Cc1ncc(C[n+]2csc(CCO)c2C)c(N)n1.Cl.Cl. The topological polar surface area (TPSA) is 271 Å². The van der Waals surface area contributed by atoms with Gasteiger partial charge in [-0.05, 0) is 13.8 Å². The third-order valence-corrected chi connectivity index (χ3v) is 8.53. The highest BCUT2D eigenvalue weighted by molar-refractivity contribution is 7.09. The van der Waals surface area contributed by atoms with Crippen molar-refractivity contribution in [3.63, 3.8) is 0 Å². The molecule has 4 rings (SSSR count). The van der Waals surface area contributed by atoms with E-state index in [4.69, 9.17) is 10.8 Å². The number of thiazole rings is 1. The van der Waals surface area contributed by atoms with Crippen LogP contribution in [-0.2, 0) is 19.6 Å². The number of pyridine rings is 1. The highest BCUT2D eigenvalue weighted by Crippen LogP contribution is 2.43. The molecule has 7 atom stereocenters. The fraction of sp³-hybridized carbons (Fsp3) is 0.538. The molecule has 15 nitrogen and oxygen atoms in total. The average Bonchev–Trinajstić information content (AvgIpc) is 3.31. The Kier molecular flexibility index (Phi) is 14.7. The van der Waals surface area contributed by atoms with Gasteiger partial charge in [-0.3, -0.25) is 4.98 Å². The van der Waals surface area contributed by atoms with Crippen molar-refractivity contribution in [3.05, 3.63) is 56.7 Å². The van der Waals surface area contributed by atoms with E-state index < -0.39 is 60.1 Å². The summed E-state index contributed by atoms with van der Waals surface area (Å²) >= 11 is 1.65. The number of nitrogen functional groups attached to an aromatic ring is 1.